The first-order valence-corrected chi connectivity index (χ1v) is 9.83. The molecule has 0 aliphatic heterocycles. The number of nitrogens with zero attached hydrogens (tertiary/aromatic N) is 4. The Morgan fingerprint density at radius 1 is 1.29 bits per heavy atom. The largest absolute Gasteiger partial charge is 0.380 e. The number of aromatic nitrogens is 3. The molecular weight excluding hydrogens is 324 g/mol. The smallest absolute Gasteiger partial charge is 0.191 e. The van der Waals surface area contributed by atoms with Crippen LogP contribution in [0.25, 0.3) is 0 Å². The van der Waals surface area contributed by atoms with E-state index in [4.69, 9.17) is 4.74 Å². The van der Waals surface area contributed by atoms with Gasteiger partial charge in [0, 0.05) is 39.7 Å². The summed E-state index contributed by atoms with van der Waals surface area (Å²) in [5.41, 5.74) is 0. The third-order valence-corrected chi connectivity index (χ3v) is 4.03. The molecule has 138 valence electrons. The van der Waals surface area contributed by atoms with E-state index in [0.29, 0.717) is 12.5 Å². The van der Waals surface area contributed by atoms with Crippen molar-refractivity contribution in [3.8, 4) is 0 Å². The first-order valence-electron chi connectivity index (χ1n) is 8.60. The van der Waals surface area contributed by atoms with E-state index < -0.39 is 0 Å². The van der Waals surface area contributed by atoms with Crippen molar-refractivity contribution in [1.29, 1.82) is 0 Å². The summed E-state index contributed by atoms with van der Waals surface area (Å²) in [5, 5.41) is 16.2. The van der Waals surface area contributed by atoms with Crippen molar-refractivity contribution in [2.24, 2.45) is 10.9 Å². The molecule has 0 unspecified atom stereocenters. The molecule has 0 atom stereocenters. The standard InChI is InChI=1S/C16H32N6OS/c1-6-23-11-10-19-15(17-4)18-9-7-8-14-20-21-16(24-5)22(14)12-13(2)3/h13H,6-12H2,1-5H3,(H2,17,18,19). The second kappa shape index (κ2) is 12.1. The first-order chi connectivity index (χ1) is 11.6. The quantitative estimate of drug-likeness (QED) is 0.272. The van der Waals surface area contributed by atoms with Crippen LogP contribution in [0, 0.1) is 5.92 Å². The van der Waals surface area contributed by atoms with Crippen molar-refractivity contribution < 1.29 is 4.74 Å². The number of nitrogens with one attached hydrogen (secondary N) is 2. The van der Waals surface area contributed by atoms with Crippen LogP contribution in [-0.2, 0) is 17.7 Å². The van der Waals surface area contributed by atoms with Crippen LogP contribution < -0.4 is 10.6 Å². The van der Waals surface area contributed by atoms with Crippen molar-refractivity contribution >= 4 is 17.7 Å². The molecule has 0 aromatic carbocycles. The monoisotopic (exact) mass is 356 g/mol. The van der Waals surface area contributed by atoms with Gasteiger partial charge in [0.1, 0.15) is 5.82 Å². The molecule has 0 saturated heterocycles. The van der Waals surface area contributed by atoms with E-state index in [-0.39, 0.29) is 0 Å². The maximum Gasteiger partial charge on any atom is 0.191 e. The topological polar surface area (TPSA) is 76.4 Å². The number of aliphatic imine (C=N–C) groups is 1. The van der Waals surface area contributed by atoms with Crippen LogP contribution in [0.5, 0.6) is 0 Å². The summed E-state index contributed by atoms with van der Waals surface area (Å²) in [7, 11) is 1.78. The predicted molar refractivity (Wildman–Crippen MR) is 101 cm³/mol. The zero-order chi connectivity index (χ0) is 17.8. The zero-order valence-corrected chi connectivity index (χ0v) is 16.4. The Balaban J connectivity index is 2.37. The third kappa shape index (κ3) is 7.53. The fraction of sp³-hybridized carbons (Fsp3) is 0.812. The van der Waals surface area contributed by atoms with Gasteiger partial charge in [0.2, 0.25) is 0 Å². The highest BCUT2D eigenvalue weighted by molar-refractivity contribution is 7.98. The molecule has 2 N–H and O–H groups in total. The lowest BCUT2D eigenvalue weighted by molar-refractivity contribution is 0.152. The van der Waals surface area contributed by atoms with Crippen molar-refractivity contribution in [2.75, 3.05) is 39.6 Å². The summed E-state index contributed by atoms with van der Waals surface area (Å²) >= 11 is 1.65. The zero-order valence-electron chi connectivity index (χ0n) is 15.6. The van der Waals surface area contributed by atoms with Crippen molar-refractivity contribution in [3.05, 3.63) is 5.82 Å². The van der Waals surface area contributed by atoms with Crippen LogP contribution >= 0.6 is 11.8 Å². The van der Waals surface area contributed by atoms with E-state index in [9.17, 15) is 0 Å². The molecule has 0 bridgehead atoms. The predicted octanol–water partition coefficient (Wildman–Crippen LogP) is 1.79. The van der Waals surface area contributed by atoms with Crippen LogP contribution in [-0.4, -0.2) is 60.3 Å². The fourth-order valence-electron chi connectivity index (χ4n) is 2.26. The molecule has 0 amide bonds. The summed E-state index contributed by atoms with van der Waals surface area (Å²) in [6.07, 6.45) is 3.93. The second-order valence-electron chi connectivity index (χ2n) is 5.83. The van der Waals surface area contributed by atoms with Gasteiger partial charge in [-0.2, -0.15) is 0 Å². The van der Waals surface area contributed by atoms with Crippen LogP contribution in [0.2, 0.25) is 0 Å². The van der Waals surface area contributed by atoms with Gasteiger partial charge >= 0.3 is 0 Å². The average Bonchev–Trinajstić information content (AvgIpc) is 2.94. The number of hydrogen-bond donors (Lipinski definition) is 2. The Kier molecular flexibility index (Phi) is 10.5. The number of guanidine groups is 1. The lowest BCUT2D eigenvalue weighted by atomic mass is 10.2. The molecule has 0 aliphatic carbocycles. The molecule has 7 nitrogen and oxygen atoms in total. The molecule has 1 aromatic heterocycles. The highest BCUT2D eigenvalue weighted by atomic mass is 32.2. The number of hydrogen-bond acceptors (Lipinski definition) is 5. The van der Waals surface area contributed by atoms with Gasteiger partial charge in [0.15, 0.2) is 11.1 Å². The van der Waals surface area contributed by atoms with Gasteiger partial charge in [-0.15, -0.1) is 10.2 Å². The van der Waals surface area contributed by atoms with Gasteiger partial charge in [-0.25, -0.2) is 0 Å². The average molecular weight is 357 g/mol. The van der Waals surface area contributed by atoms with Crippen molar-refractivity contribution in [3.63, 3.8) is 0 Å². The van der Waals surface area contributed by atoms with Crippen LogP contribution in [0.15, 0.2) is 10.1 Å². The molecule has 0 aliphatic rings. The number of ether oxygens (including phenoxy) is 1. The Morgan fingerprint density at radius 3 is 2.67 bits per heavy atom. The second-order valence-corrected chi connectivity index (χ2v) is 6.61. The van der Waals surface area contributed by atoms with E-state index in [2.05, 4.69) is 44.2 Å². The maximum atomic E-state index is 5.30. The highest BCUT2D eigenvalue weighted by Gasteiger charge is 2.12. The van der Waals surface area contributed by atoms with E-state index in [0.717, 1.165) is 56.0 Å². The van der Waals surface area contributed by atoms with Crippen molar-refractivity contribution in [2.45, 2.75) is 45.3 Å². The summed E-state index contributed by atoms with van der Waals surface area (Å²) < 4.78 is 7.54. The van der Waals surface area contributed by atoms with E-state index in [1.54, 1.807) is 18.8 Å². The lowest BCUT2D eigenvalue weighted by Gasteiger charge is -2.13. The van der Waals surface area contributed by atoms with Crippen molar-refractivity contribution in [1.82, 2.24) is 25.4 Å². The minimum Gasteiger partial charge on any atom is -0.380 e. The summed E-state index contributed by atoms with van der Waals surface area (Å²) in [6, 6.07) is 0. The summed E-state index contributed by atoms with van der Waals surface area (Å²) in [4.78, 5) is 4.21. The van der Waals surface area contributed by atoms with Gasteiger partial charge in [-0.3, -0.25) is 4.99 Å². The Bertz CT molecular complexity index is 489. The fourth-order valence-corrected chi connectivity index (χ4v) is 2.79. The number of aryl methyl sites for hydroxylation is 1. The molecule has 1 aromatic rings. The Hall–Kier alpha value is -1.28. The molecule has 0 radical (unpaired) electrons. The third-order valence-electron chi connectivity index (χ3n) is 3.36. The van der Waals surface area contributed by atoms with Gasteiger partial charge < -0.3 is 19.9 Å². The molecule has 0 fully saturated rings. The molecule has 0 saturated carbocycles. The Morgan fingerprint density at radius 2 is 2.04 bits per heavy atom. The van der Waals surface area contributed by atoms with Gasteiger partial charge in [-0.1, -0.05) is 25.6 Å². The summed E-state index contributed by atoms with van der Waals surface area (Å²) in [6.45, 7) is 10.4. The molecule has 0 spiro atoms. The highest BCUT2D eigenvalue weighted by Crippen LogP contribution is 2.16. The van der Waals surface area contributed by atoms with Gasteiger partial charge in [0.05, 0.1) is 6.61 Å². The Labute approximate surface area is 150 Å². The normalized spacial score (nSPS) is 12.0. The van der Waals surface area contributed by atoms with Crippen LogP contribution in [0.3, 0.4) is 0 Å². The minimum atomic E-state index is 0.581. The van der Waals surface area contributed by atoms with Gasteiger partial charge in [-0.05, 0) is 25.5 Å². The number of rotatable bonds is 11. The molecular formula is C16H32N6OS. The first kappa shape index (κ1) is 20.8. The lowest BCUT2D eigenvalue weighted by Crippen LogP contribution is -2.39. The van der Waals surface area contributed by atoms with Gasteiger partial charge in [0.25, 0.3) is 0 Å². The van der Waals surface area contributed by atoms with E-state index in [1.165, 1.54) is 0 Å². The number of thioether (sulfide) groups is 1. The molecule has 1 rings (SSSR count). The van der Waals surface area contributed by atoms with Crippen LogP contribution in [0.1, 0.15) is 33.0 Å². The van der Waals surface area contributed by atoms with E-state index >= 15 is 0 Å². The summed E-state index contributed by atoms with van der Waals surface area (Å²) in [5.74, 6) is 2.45. The van der Waals surface area contributed by atoms with Crippen LogP contribution in [0.4, 0.5) is 0 Å². The van der Waals surface area contributed by atoms with E-state index in [1.807, 2.05) is 13.2 Å². The molecule has 24 heavy (non-hydrogen) atoms. The maximum absolute atomic E-state index is 5.30. The molecule has 8 heteroatoms. The minimum absolute atomic E-state index is 0.581. The molecule has 1 heterocycles. The SMILES string of the molecule is CCOCCNC(=NC)NCCCc1nnc(SC)n1CC(C)C.